The summed E-state index contributed by atoms with van der Waals surface area (Å²) < 4.78 is 7.62. The Labute approximate surface area is 126 Å². The van der Waals surface area contributed by atoms with Crippen LogP contribution in [0.4, 0.5) is 0 Å². The molecule has 1 aromatic rings. The first kappa shape index (κ1) is 15.8. The van der Waals surface area contributed by atoms with E-state index in [0.717, 1.165) is 62.7 Å². The predicted octanol–water partition coefficient (Wildman–Crippen LogP) is 2.68. The highest BCUT2D eigenvalue weighted by Crippen LogP contribution is 2.36. The van der Waals surface area contributed by atoms with Crippen LogP contribution in [0.3, 0.4) is 0 Å². The summed E-state index contributed by atoms with van der Waals surface area (Å²) in [6, 6.07) is 0. The number of rotatable bonds is 6. The molecule has 114 valence electrons. The van der Waals surface area contributed by atoms with E-state index in [4.69, 9.17) is 16.3 Å². The van der Waals surface area contributed by atoms with E-state index in [1.54, 1.807) is 0 Å². The van der Waals surface area contributed by atoms with Crippen molar-refractivity contribution in [3.63, 3.8) is 0 Å². The Bertz CT molecular complexity index is 433. The van der Waals surface area contributed by atoms with E-state index in [2.05, 4.69) is 28.9 Å². The number of halogens is 1. The summed E-state index contributed by atoms with van der Waals surface area (Å²) in [4.78, 5) is 0. The molecule has 1 aromatic heterocycles. The van der Waals surface area contributed by atoms with Gasteiger partial charge >= 0.3 is 0 Å². The van der Waals surface area contributed by atoms with Crippen LogP contribution in [-0.2, 0) is 24.1 Å². The Hall–Kier alpha value is -0.580. The summed E-state index contributed by atoms with van der Waals surface area (Å²) in [5.74, 6) is 0. The normalized spacial score (nSPS) is 18.4. The van der Waals surface area contributed by atoms with Crippen molar-refractivity contribution in [1.29, 1.82) is 0 Å². The average Bonchev–Trinajstić information content (AvgIpc) is 2.76. The summed E-state index contributed by atoms with van der Waals surface area (Å²) in [7, 11) is 2.02. The summed E-state index contributed by atoms with van der Waals surface area (Å²) in [6.45, 7) is 7.81. The van der Waals surface area contributed by atoms with Gasteiger partial charge in [-0.25, -0.2) is 0 Å². The fraction of sp³-hybridized carbons (Fsp3) is 0.800. The van der Waals surface area contributed by atoms with Crippen LogP contribution in [0.25, 0.3) is 0 Å². The molecule has 0 saturated carbocycles. The molecule has 1 N–H and O–H groups in total. The van der Waals surface area contributed by atoms with Gasteiger partial charge in [0.2, 0.25) is 0 Å². The minimum absolute atomic E-state index is 0.245. The van der Waals surface area contributed by atoms with E-state index in [-0.39, 0.29) is 5.41 Å². The first-order valence-corrected chi connectivity index (χ1v) is 8.00. The number of hydrogen-bond acceptors (Lipinski definition) is 3. The maximum absolute atomic E-state index is 6.55. The quantitative estimate of drug-likeness (QED) is 0.878. The molecule has 0 spiro atoms. The van der Waals surface area contributed by atoms with Crippen molar-refractivity contribution in [2.24, 2.45) is 5.41 Å². The standard InChI is InChI=1S/C15H26ClN3O/c1-4-12-14(16)13(19(5-2)18-12)10-15(11-17-3)6-8-20-9-7-15/h17H,4-11H2,1-3H3. The van der Waals surface area contributed by atoms with Crippen molar-refractivity contribution in [1.82, 2.24) is 15.1 Å². The Morgan fingerprint density at radius 3 is 2.60 bits per heavy atom. The number of aryl methyl sites for hydroxylation is 2. The minimum atomic E-state index is 0.245. The van der Waals surface area contributed by atoms with E-state index in [0.29, 0.717) is 0 Å². The van der Waals surface area contributed by atoms with Crippen LogP contribution in [0.15, 0.2) is 0 Å². The Balaban J connectivity index is 2.28. The van der Waals surface area contributed by atoms with Gasteiger partial charge in [0.25, 0.3) is 0 Å². The molecule has 20 heavy (non-hydrogen) atoms. The monoisotopic (exact) mass is 299 g/mol. The number of hydrogen-bond donors (Lipinski definition) is 1. The third kappa shape index (κ3) is 3.18. The second-order valence-electron chi connectivity index (χ2n) is 5.70. The Morgan fingerprint density at radius 2 is 2.05 bits per heavy atom. The van der Waals surface area contributed by atoms with Gasteiger partial charge in [-0.05, 0) is 45.1 Å². The first-order chi connectivity index (χ1) is 9.65. The van der Waals surface area contributed by atoms with Gasteiger partial charge in [0.1, 0.15) is 0 Å². The molecule has 0 aliphatic carbocycles. The maximum atomic E-state index is 6.55. The second kappa shape index (κ2) is 6.92. The van der Waals surface area contributed by atoms with Gasteiger partial charge in [-0.15, -0.1) is 0 Å². The molecule has 1 aliphatic rings. The molecule has 1 saturated heterocycles. The molecule has 2 heterocycles. The average molecular weight is 300 g/mol. The molecule has 0 atom stereocenters. The van der Waals surface area contributed by atoms with Gasteiger partial charge in [0, 0.05) is 26.3 Å². The van der Waals surface area contributed by atoms with E-state index in [1.807, 2.05) is 7.05 Å². The SMILES string of the molecule is CCc1nn(CC)c(CC2(CNC)CCOCC2)c1Cl. The molecule has 4 nitrogen and oxygen atoms in total. The highest BCUT2D eigenvalue weighted by molar-refractivity contribution is 6.31. The molecule has 0 bridgehead atoms. The zero-order valence-electron chi connectivity index (χ0n) is 12.8. The van der Waals surface area contributed by atoms with Gasteiger partial charge < -0.3 is 10.1 Å². The molecule has 0 unspecified atom stereocenters. The lowest BCUT2D eigenvalue weighted by Crippen LogP contribution is -2.40. The van der Waals surface area contributed by atoms with Crippen LogP contribution < -0.4 is 5.32 Å². The number of nitrogens with zero attached hydrogens (tertiary/aromatic N) is 2. The van der Waals surface area contributed by atoms with E-state index in [1.165, 1.54) is 5.69 Å². The first-order valence-electron chi connectivity index (χ1n) is 7.62. The van der Waals surface area contributed by atoms with Gasteiger partial charge in [-0.3, -0.25) is 4.68 Å². The van der Waals surface area contributed by atoms with Crippen LogP contribution >= 0.6 is 11.6 Å². The van der Waals surface area contributed by atoms with Crippen LogP contribution in [0, 0.1) is 5.41 Å². The van der Waals surface area contributed by atoms with Gasteiger partial charge in [0.05, 0.1) is 16.4 Å². The molecular weight excluding hydrogens is 274 g/mol. The number of nitrogens with one attached hydrogen (secondary N) is 1. The molecule has 0 radical (unpaired) electrons. The lowest BCUT2D eigenvalue weighted by atomic mass is 9.76. The smallest absolute Gasteiger partial charge is 0.0850 e. The van der Waals surface area contributed by atoms with Crippen LogP contribution in [-0.4, -0.2) is 36.6 Å². The van der Waals surface area contributed by atoms with Crippen molar-refractivity contribution in [3.05, 3.63) is 16.4 Å². The fourth-order valence-corrected chi connectivity index (χ4v) is 3.47. The van der Waals surface area contributed by atoms with Gasteiger partial charge in [-0.2, -0.15) is 5.10 Å². The largest absolute Gasteiger partial charge is 0.381 e. The van der Waals surface area contributed by atoms with E-state index < -0.39 is 0 Å². The molecule has 0 aromatic carbocycles. The minimum Gasteiger partial charge on any atom is -0.381 e. The fourth-order valence-electron chi connectivity index (χ4n) is 3.14. The van der Waals surface area contributed by atoms with Crippen LogP contribution in [0.5, 0.6) is 0 Å². The van der Waals surface area contributed by atoms with Crippen molar-refractivity contribution in [2.75, 3.05) is 26.8 Å². The second-order valence-corrected chi connectivity index (χ2v) is 6.07. The van der Waals surface area contributed by atoms with Crippen molar-refractivity contribution < 1.29 is 4.74 Å². The number of ether oxygens (including phenoxy) is 1. The van der Waals surface area contributed by atoms with Gasteiger partial charge in [0.15, 0.2) is 0 Å². The van der Waals surface area contributed by atoms with Crippen LogP contribution in [0.2, 0.25) is 5.02 Å². The molecule has 0 amide bonds. The third-order valence-electron chi connectivity index (χ3n) is 4.34. The molecular formula is C15H26ClN3O. The lowest BCUT2D eigenvalue weighted by Gasteiger charge is -2.37. The highest BCUT2D eigenvalue weighted by Gasteiger charge is 2.34. The van der Waals surface area contributed by atoms with Crippen molar-refractivity contribution in [3.8, 4) is 0 Å². The van der Waals surface area contributed by atoms with Crippen molar-refractivity contribution in [2.45, 2.75) is 46.1 Å². The zero-order valence-corrected chi connectivity index (χ0v) is 13.6. The molecule has 1 fully saturated rings. The van der Waals surface area contributed by atoms with E-state index >= 15 is 0 Å². The Kier molecular flexibility index (Phi) is 5.47. The van der Waals surface area contributed by atoms with Crippen molar-refractivity contribution >= 4 is 11.6 Å². The van der Waals surface area contributed by atoms with Gasteiger partial charge in [-0.1, -0.05) is 18.5 Å². The summed E-state index contributed by atoms with van der Waals surface area (Å²) in [5, 5.41) is 8.86. The third-order valence-corrected chi connectivity index (χ3v) is 4.78. The number of aromatic nitrogens is 2. The summed E-state index contributed by atoms with van der Waals surface area (Å²) in [6.07, 6.45) is 4.04. The summed E-state index contributed by atoms with van der Waals surface area (Å²) in [5.41, 5.74) is 2.47. The van der Waals surface area contributed by atoms with Crippen LogP contribution in [0.1, 0.15) is 38.1 Å². The molecule has 5 heteroatoms. The Morgan fingerprint density at radius 1 is 1.35 bits per heavy atom. The summed E-state index contributed by atoms with van der Waals surface area (Å²) >= 11 is 6.55. The molecule has 2 rings (SSSR count). The molecule has 1 aliphatic heterocycles. The zero-order chi connectivity index (χ0) is 14.6. The van der Waals surface area contributed by atoms with E-state index in [9.17, 15) is 0 Å². The highest BCUT2D eigenvalue weighted by atomic mass is 35.5. The maximum Gasteiger partial charge on any atom is 0.0850 e. The topological polar surface area (TPSA) is 39.1 Å². The lowest BCUT2D eigenvalue weighted by molar-refractivity contribution is 0.0149. The predicted molar refractivity (Wildman–Crippen MR) is 82.4 cm³/mol.